The molecule has 2 rings (SSSR count). The lowest BCUT2D eigenvalue weighted by atomic mass is 10.1. The quantitative estimate of drug-likeness (QED) is 0.856. The first-order chi connectivity index (χ1) is 8.99. The Kier molecular flexibility index (Phi) is 3.79. The van der Waals surface area contributed by atoms with Crippen LogP contribution >= 0.6 is 0 Å². The van der Waals surface area contributed by atoms with E-state index in [9.17, 15) is 13.2 Å². The second kappa shape index (κ2) is 5.34. The van der Waals surface area contributed by atoms with E-state index in [1.54, 1.807) is 19.9 Å². The number of anilines is 1. The summed E-state index contributed by atoms with van der Waals surface area (Å²) in [6.07, 6.45) is 0. The van der Waals surface area contributed by atoms with E-state index < -0.39 is 17.7 Å². The minimum Gasteiger partial charge on any atom is -0.378 e. The second-order valence-corrected chi connectivity index (χ2v) is 4.46. The zero-order chi connectivity index (χ0) is 14.0. The summed E-state index contributed by atoms with van der Waals surface area (Å²) in [6.45, 7) is 3.39. The highest BCUT2D eigenvalue weighted by Gasteiger charge is 2.16. The van der Waals surface area contributed by atoms with Gasteiger partial charge in [0.05, 0.1) is 6.04 Å². The van der Waals surface area contributed by atoms with Crippen molar-refractivity contribution in [2.24, 2.45) is 0 Å². The highest BCUT2D eigenvalue weighted by atomic mass is 19.1. The Bertz CT molecular complexity index is 576. The summed E-state index contributed by atoms with van der Waals surface area (Å²) >= 11 is 0. The summed E-state index contributed by atoms with van der Waals surface area (Å²) in [5.74, 6) is -1.53. The molecule has 2 aromatic rings. The maximum Gasteiger partial charge on any atom is 0.131 e. The Morgan fingerprint density at radius 2 is 1.63 bits per heavy atom. The molecule has 0 amide bonds. The van der Waals surface area contributed by atoms with E-state index in [4.69, 9.17) is 0 Å². The summed E-state index contributed by atoms with van der Waals surface area (Å²) in [7, 11) is 0. The minimum atomic E-state index is -0.597. The molecule has 0 aliphatic carbocycles. The second-order valence-electron chi connectivity index (χ2n) is 4.46. The molecule has 1 nitrogen and oxygen atoms in total. The molecule has 1 unspecified atom stereocenters. The predicted octanol–water partition coefficient (Wildman–Crippen LogP) is 4.59. The zero-order valence-corrected chi connectivity index (χ0v) is 10.7. The number of hydrogen-bond acceptors (Lipinski definition) is 1. The van der Waals surface area contributed by atoms with Gasteiger partial charge >= 0.3 is 0 Å². The standard InChI is InChI=1S/C15H14F3N/c1-9-8-11(16)6-7-14(9)19-10(2)15-12(17)4-3-5-13(15)18/h3-8,10,19H,1-2H3. The number of hydrogen-bond donors (Lipinski definition) is 1. The van der Waals surface area contributed by atoms with Crippen LogP contribution in [0, 0.1) is 24.4 Å². The van der Waals surface area contributed by atoms with E-state index >= 15 is 0 Å². The van der Waals surface area contributed by atoms with Crippen LogP contribution in [0.3, 0.4) is 0 Å². The molecule has 0 aliphatic heterocycles. The molecule has 0 radical (unpaired) electrons. The summed E-state index contributed by atoms with van der Waals surface area (Å²) < 4.78 is 40.2. The van der Waals surface area contributed by atoms with Gasteiger partial charge in [0.25, 0.3) is 0 Å². The molecular formula is C15H14F3N. The van der Waals surface area contributed by atoms with E-state index in [1.165, 1.54) is 30.3 Å². The summed E-state index contributed by atoms with van der Waals surface area (Å²) in [5, 5.41) is 2.99. The van der Waals surface area contributed by atoms with Crippen LogP contribution in [0.25, 0.3) is 0 Å². The van der Waals surface area contributed by atoms with Gasteiger partial charge in [-0.2, -0.15) is 0 Å². The Labute approximate surface area is 110 Å². The van der Waals surface area contributed by atoms with Crippen molar-refractivity contribution in [3.8, 4) is 0 Å². The third-order valence-corrected chi connectivity index (χ3v) is 2.99. The lowest BCUT2D eigenvalue weighted by molar-refractivity contribution is 0.544. The first-order valence-corrected chi connectivity index (χ1v) is 5.95. The monoisotopic (exact) mass is 265 g/mol. The Hall–Kier alpha value is -1.97. The fourth-order valence-corrected chi connectivity index (χ4v) is 2.02. The molecule has 0 fully saturated rings. The van der Waals surface area contributed by atoms with E-state index in [0.29, 0.717) is 11.3 Å². The third-order valence-electron chi connectivity index (χ3n) is 2.99. The van der Waals surface area contributed by atoms with E-state index in [-0.39, 0.29) is 11.4 Å². The first kappa shape index (κ1) is 13.5. The van der Waals surface area contributed by atoms with Gasteiger partial charge in [-0.1, -0.05) is 6.07 Å². The molecule has 0 spiro atoms. The number of nitrogens with one attached hydrogen (secondary N) is 1. The van der Waals surface area contributed by atoms with E-state index in [2.05, 4.69) is 5.32 Å². The first-order valence-electron chi connectivity index (χ1n) is 5.95. The smallest absolute Gasteiger partial charge is 0.131 e. The number of halogens is 3. The van der Waals surface area contributed by atoms with Gasteiger partial charge in [0.15, 0.2) is 0 Å². The predicted molar refractivity (Wildman–Crippen MR) is 69.5 cm³/mol. The summed E-state index contributed by atoms with van der Waals surface area (Å²) in [6, 6.07) is 7.43. The Balaban J connectivity index is 2.28. The highest BCUT2D eigenvalue weighted by Crippen LogP contribution is 2.26. The van der Waals surface area contributed by atoms with Crippen molar-refractivity contribution in [1.82, 2.24) is 0 Å². The van der Waals surface area contributed by atoms with Crippen LogP contribution in [0.15, 0.2) is 36.4 Å². The SMILES string of the molecule is Cc1cc(F)ccc1NC(C)c1c(F)cccc1F. The molecule has 19 heavy (non-hydrogen) atoms. The van der Waals surface area contributed by atoms with Gasteiger partial charge in [-0.3, -0.25) is 0 Å². The number of aryl methyl sites for hydroxylation is 1. The number of benzene rings is 2. The molecule has 2 aromatic carbocycles. The Morgan fingerprint density at radius 1 is 1.00 bits per heavy atom. The van der Waals surface area contributed by atoms with Crippen molar-refractivity contribution in [3.63, 3.8) is 0 Å². The lowest BCUT2D eigenvalue weighted by Crippen LogP contribution is -2.11. The molecule has 0 aliphatic rings. The van der Waals surface area contributed by atoms with Gasteiger partial charge in [0.2, 0.25) is 0 Å². The topological polar surface area (TPSA) is 12.0 Å². The molecule has 0 saturated heterocycles. The Morgan fingerprint density at radius 3 is 2.21 bits per heavy atom. The van der Waals surface area contributed by atoms with Crippen LogP contribution in [0.4, 0.5) is 18.9 Å². The number of rotatable bonds is 3. The molecule has 0 bridgehead atoms. The maximum atomic E-state index is 13.6. The van der Waals surface area contributed by atoms with Crippen molar-refractivity contribution in [2.75, 3.05) is 5.32 Å². The van der Waals surface area contributed by atoms with Gasteiger partial charge in [-0.05, 0) is 49.7 Å². The fourth-order valence-electron chi connectivity index (χ4n) is 2.02. The fraction of sp³-hybridized carbons (Fsp3) is 0.200. The molecule has 0 aromatic heterocycles. The van der Waals surface area contributed by atoms with Crippen LogP contribution in [0.2, 0.25) is 0 Å². The van der Waals surface area contributed by atoms with Crippen LogP contribution in [0.5, 0.6) is 0 Å². The third kappa shape index (κ3) is 2.89. The lowest BCUT2D eigenvalue weighted by Gasteiger charge is -2.18. The van der Waals surface area contributed by atoms with Gasteiger partial charge < -0.3 is 5.32 Å². The molecule has 1 N–H and O–H groups in total. The van der Waals surface area contributed by atoms with Crippen LogP contribution < -0.4 is 5.32 Å². The van der Waals surface area contributed by atoms with Crippen LogP contribution in [-0.4, -0.2) is 0 Å². The van der Waals surface area contributed by atoms with Gasteiger partial charge in [0, 0.05) is 11.3 Å². The van der Waals surface area contributed by atoms with Crippen molar-refractivity contribution in [3.05, 3.63) is 65.0 Å². The zero-order valence-electron chi connectivity index (χ0n) is 10.7. The van der Waals surface area contributed by atoms with Crippen molar-refractivity contribution < 1.29 is 13.2 Å². The maximum absolute atomic E-state index is 13.6. The largest absolute Gasteiger partial charge is 0.378 e. The normalized spacial score (nSPS) is 12.3. The molecule has 4 heteroatoms. The highest BCUT2D eigenvalue weighted by molar-refractivity contribution is 5.52. The van der Waals surface area contributed by atoms with Gasteiger partial charge in [-0.15, -0.1) is 0 Å². The van der Waals surface area contributed by atoms with Gasteiger partial charge in [0.1, 0.15) is 17.5 Å². The van der Waals surface area contributed by atoms with Crippen molar-refractivity contribution in [1.29, 1.82) is 0 Å². The van der Waals surface area contributed by atoms with Crippen molar-refractivity contribution in [2.45, 2.75) is 19.9 Å². The molecule has 100 valence electrons. The average molecular weight is 265 g/mol. The van der Waals surface area contributed by atoms with Gasteiger partial charge in [-0.25, -0.2) is 13.2 Å². The molecule has 0 saturated carbocycles. The molecule has 0 heterocycles. The van der Waals surface area contributed by atoms with Crippen LogP contribution in [-0.2, 0) is 0 Å². The average Bonchev–Trinajstić information content (AvgIpc) is 2.32. The minimum absolute atomic E-state index is 0.0220. The molecular weight excluding hydrogens is 251 g/mol. The molecule has 1 atom stereocenters. The van der Waals surface area contributed by atoms with Crippen molar-refractivity contribution >= 4 is 5.69 Å². The van der Waals surface area contributed by atoms with Crippen LogP contribution in [0.1, 0.15) is 24.1 Å². The van der Waals surface area contributed by atoms with E-state index in [0.717, 1.165) is 0 Å². The summed E-state index contributed by atoms with van der Waals surface area (Å²) in [4.78, 5) is 0. The van der Waals surface area contributed by atoms with E-state index in [1.807, 2.05) is 0 Å². The summed E-state index contributed by atoms with van der Waals surface area (Å²) in [5.41, 5.74) is 1.31.